The van der Waals surface area contributed by atoms with E-state index in [-0.39, 0.29) is 11.1 Å². The second kappa shape index (κ2) is 5.74. The van der Waals surface area contributed by atoms with Crippen molar-refractivity contribution in [2.45, 2.75) is 10.3 Å². The van der Waals surface area contributed by atoms with Crippen molar-refractivity contribution in [2.24, 2.45) is 0 Å². The average Bonchev–Trinajstić information content (AvgIpc) is 2.83. The molecule has 1 unspecified atom stereocenters. The van der Waals surface area contributed by atoms with Gasteiger partial charge in [0.05, 0.1) is 18.2 Å². The van der Waals surface area contributed by atoms with E-state index in [1.165, 1.54) is 10.6 Å². The predicted molar refractivity (Wildman–Crippen MR) is 88.2 cm³/mol. The van der Waals surface area contributed by atoms with E-state index in [2.05, 4.69) is 48.4 Å². The summed E-state index contributed by atoms with van der Waals surface area (Å²) in [6.45, 7) is 0. The van der Waals surface area contributed by atoms with Crippen LogP contribution in [-0.2, 0) is 0 Å². The first kappa shape index (κ1) is 13.9. The minimum Gasteiger partial charge on any atom is -0.504 e. The second-order valence-electron chi connectivity index (χ2n) is 4.88. The van der Waals surface area contributed by atoms with Crippen LogP contribution in [0.2, 0.25) is 0 Å². The lowest BCUT2D eigenvalue weighted by Crippen LogP contribution is -2.21. The Kier molecular flexibility index (Phi) is 3.80. The molecule has 3 rings (SSSR count). The van der Waals surface area contributed by atoms with Gasteiger partial charge in [0.2, 0.25) is 0 Å². The van der Waals surface area contributed by atoms with Crippen LogP contribution in [0.1, 0.15) is 5.56 Å². The number of anilines is 1. The van der Waals surface area contributed by atoms with Gasteiger partial charge in [-0.3, -0.25) is 0 Å². The van der Waals surface area contributed by atoms with Gasteiger partial charge in [-0.2, -0.15) is 0 Å². The van der Waals surface area contributed by atoms with Crippen molar-refractivity contribution in [2.75, 3.05) is 19.1 Å². The molecule has 1 N–H and O–H groups in total. The molecule has 108 valence electrons. The molecule has 1 heterocycles. The lowest BCUT2D eigenvalue weighted by molar-refractivity contribution is 0.373. The quantitative estimate of drug-likeness (QED) is 0.929. The number of methoxy groups -OCH3 is 1. The smallest absolute Gasteiger partial charge is 0.161 e. The van der Waals surface area contributed by atoms with E-state index in [1.54, 1.807) is 13.2 Å². The molecular formula is C17H17NO2S. The number of thioether (sulfide) groups is 1. The molecule has 0 fully saturated rings. The van der Waals surface area contributed by atoms with E-state index in [4.69, 9.17) is 4.74 Å². The molecule has 0 radical (unpaired) electrons. The Morgan fingerprint density at radius 1 is 1.24 bits per heavy atom. The highest BCUT2D eigenvalue weighted by atomic mass is 32.2. The highest BCUT2D eigenvalue weighted by Gasteiger charge is 2.24. The predicted octanol–water partition coefficient (Wildman–Crippen LogP) is 3.98. The lowest BCUT2D eigenvalue weighted by atomic mass is 10.2. The largest absolute Gasteiger partial charge is 0.504 e. The zero-order valence-corrected chi connectivity index (χ0v) is 12.8. The average molecular weight is 299 g/mol. The topological polar surface area (TPSA) is 32.7 Å². The zero-order chi connectivity index (χ0) is 14.8. The number of rotatable bonds is 3. The maximum Gasteiger partial charge on any atom is 0.161 e. The molecule has 3 nitrogen and oxygen atoms in total. The molecule has 0 bridgehead atoms. The molecular weight excluding hydrogens is 282 g/mol. The third-order valence-electron chi connectivity index (χ3n) is 3.53. The Hall–Kier alpha value is -2.07. The van der Waals surface area contributed by atoms with Gasteiger partial charge < -0.3 is 14.7 Å². The van der Waals surface area contributed by atoms with Crippen LogP contribution < -0.4 is 9.64 Å². The molecule has 0 saturated carbocycles. The van der Waals surface area contributed by atoms with Gasteiger partial charge in [-0.1, -0.05) is 42.1 Å². The maximum absolute atomic E-state index is 9.61. The number of nitrogens with zero attached hydrogens (tertiary/aromatic N) is 1. The number of phenols is 1. The third-order valence-corrected chi connectivity index (χ3v) is 4.85. The van der Waals surface area contributed by atoms with Crippen molar-refractivity contribution >= 4 is 23.5 Å². The molecule has 4 heteroatoms. The molecule has 2 aromatic carbocycles. The zero-order valence-electron chi connectivity index (χ0n) is 12.0. The van der Waals surface area contributed by atoms with Gasteiger partial charge >= 0.3 is 0 Å². The van der Waals surface area contributed by atoms with Crippen LogP contribution >= 0.6 is 11.8 Å². The molecule has 0 spiro atoms. The minimum atomic E-state index is 0.161. The van der Waals surface area contributed by atoms with Gasteiger partial charge in [-0.05, 0) is 29.8 Å². The van der Waals surface area contributed by atoms with Gasteiger partial charge in [0.15, 0.2) is 11.5 Å². The molecule has 0 aromatic heterocycles. The molecule has 2 aromatic rings. The summed E-state index contributed by atoms with van der Waals surface area (Å²) in [4.78, 5) is 3.56. The van der Waals surface area contributed by atoms with Gasteiger partial charge in [-0.15, -0.1) is 0 Å². The molecule has 1 aliphatic heterocycles. The summed E-state index contributed by atoms with van der Waals surface area (Å²) in [5, 5.41) is 9.89. The van der Waals surface area contributed by atoms with Gasteiger partial charge in [0.25, 0.3) is 0 Å². The molecule has 21 heavy (non-hydrogen) atoms. The first-order chi connectivity index (χ1) is 10.2. The highest BCUT2D eigenvalue weighted by Crippen LogP contribution is 2.42. The van der Waals surface area contributed by atoms with E-state index < -0.39 is 0 Å². The summed E-state index contributed by atoms with van der Waals surface area (Å²) in [6, 6.07) is 13.8. The van der Waals surface area contributed by atoms with Crippen LogP contribution in [0.15, 0.2) is 53.4 Å². The number of likely N-dealkylation sites (N-methyl/N-ethyl adjacent to an activating group) is 1. The fourth-order valence-corrected chi connectivity index (χ4v) is 3.53. The van der Waals surface area contributed by atoms with E-state index >= 15 is 0 Å². The first-order valence-electron chi connectivity index (χ1n) is 6.73. The maximum atomic E-state index is 9.61. The molecule has 1 aliphatic rings. The van der Waals surface area contributed by atoms with E-state index in [9.17, 15) is 5.11 Å². The number of ether oxygens (including phenoxy) is 1. The van der Waals surface area contributed by atoms with Crippen LogP contribution in [0.4, 0.5) is 5.69 Å². The van der Waals surface area contributed by atoms with Crippen molar-refractivity contribution in [3.63, 3.8) is 0 Å². The third kappa shape index (κ3) is 2.72. The van der Waals surface area contributed by atoms with E-state index in [1.807, 2.05) is 23.9 Å². The van der Waals surface area contributed by atoms with Gasteiger partial charge in [0, 0.05) is 11.9 Å². The summed E-state index contributed by atoms with van der Waals surface area (Å²) in [6.07, 6.45) is 4.22. The Labute approximate surface area is 128 Å². The van der Waals surface area contributed by atoms with Crippen LogP contribution in [-0.4, -0.2) is 24.6 Å². The normalized spacial score (nSPS) is 17.2. The molecule has 0 amide bonds. The van der Waals surface area contributed by atoms with Crippen molar-refractivity contribution in [1.82, 2.24) is 0 Å². The highest BCUT2D eigenvalue weighted by molar-refractivity contribution is 8.00. The Morgan fingerprint density at radius 3 is 2.81 bits per heavy atom. The van der Waals surface area contributed by atoms with Crippen molar-refractivity contribution < 1.29 is 9.84 Å². The fraction of sp³-hybridized carbons (Fsp3) is 0.176. The lowest BCUT2D eigenvalue weighted by Gasteiger charge is -2.18. The molecule has 0 saturated heterocycles. The van der Waals surface area contributed by atoms with Crippen LogP contribution in [0.3, 0.4) is 0 Å². The summed E-state index contributed by atoms with van der Waals surface area (Å²) < 4.78 is 5.13. The number of fused-ring (bicyclic) bond motifs is 1. The number of hydrogen-bond donors (Lipinski definition) is 1. The Morgan fingerprint density at radius 2 is 2.05 bits per heavy atom. The van der Waals surface area contributed by atoms with Crippen molar-refractivity contribution in [3.8, 4) is 11.5 Å². The Bertz CT molecular complexity index is 684. The van der Waals surface area contributed by atoms with Crippen molar-refractivity contribution in [3.05, 3.63) is 54.1 Å². The first-order valence-corrected chi connectivity index (χ1v) is 7.61. The van der Waals surface area contributed by atoms with Gasteiger partial charge in [0.1, 0.15) is 0 Å². The minimum absolute atomic E-state index is 0.161. The van der Waals surface area contributed by atoms with E-state index in [0.717, 1.165) is 5.56 Å². The summed E-state index contributed by atoms with van der Waals surface area (Å²) in [7, 11) is 3.66. The number of benzene rings is 2. The SMILES string of the molecule is COc1cc(/C=C/C2Sc3ccccc3N2C)ccc1O. The van der Waals surface area contributed by atoms with Gasteiger partial charge in [-0.25, -0.2) is 0 Å². The standard InChI is InChI=1S/C17H17NO2S/c1-18-13-5-3-4-6-16(13)21-17(18)10-8-12-7-9-14(19)15(11-12)20-2/h3-11,17,19H,1-2H3/b10-8+. The number of aromatic hydroxyl groups is 1. The van der Waals surface area contributed by atoms with E-state index in [0.29, 0.717) is 5.75 Å². The number of hydrogen-bond acceptors (Lipinski definition) is 4. The van der Waals surface area contributed by atoms with Crippen LogP contribution in [0, 0.1) is 0 Å². The molecule has 1 atom stereocenters. The number of phenolic OH excluding ortho intramolecular Hbond substituents is 1. The van der Waals surface area contributed by atoms with Crippen LogP contribution in [0.25, 0.3) is 6.08 Å². The summed E-state index contributed by atoms with van der Waals surface area (Å²) >= 11 is 1.84. The van der Waals surface area contributed by atoms with Crippen LogP contribution in [0.5, 0.6) is 11.5 Å². The second-order valence-corrected chi connectivity index (χ2v) is 6.04. The Balaban J connectivity index is 1.79. The number of para-hydroxylation sites is 1. The fourth-order valence-electron chi connectivity index (χ4n) is 2.35. The summed E-state index contributed by atoms with van der Waals surface area (Å²) in [5.41, 5.74) is 2.27. The molecule has 0 aliphatic carbocycles. The monoisotopic (exact) mass is 299 g/mol. The summed E-state index contributed by atoms with van der Waals surface area (Å²) in [5.74, 6) is 0.655. The van der Waals surface area contributed by atoms with Crippen molar-refractivity contribution in [1.29, 1.82) is 0 Å².